The highest BCUT2D eigenvalue weighted by molar-refractivity contribution is 6.70. The normalized spacial score (nSPS) is 18.4. The minimum atomic E-state index is 0.882. The molecule has 0 fully saturated rings. The average Bonchev–Trinajstić information content (AvgIpc) is 2.97. The third-order valence-corrected chi connectivity index (χ3v) is 5.84. The van der Waals surface area contributed by atoms with Crippen LogP contribution in [0.4, 0.5) is 0 Å². The Bertz CT molecular complexity index is 608. The van der Waals surface area contributed by atoms with E-state index in [9.17, 15) is 0 Å². The van der Waals surface area contributed by atoms with Gasteiger partial charge in [0.25, 0.3) is 0 Å². The molecule has 3 heteroatoms. The van der Waals surface area contributed by atoms with Gasteiger partial charge in [0.15, 0.2) is 0 Å². The second kappa shape index (κ2) is 2.81. The Morgan fingerprint density at radius 3 is 0.800 bits per heavy atom. The largest absolute Gasteiger partial charge is 0.102 e. The lowest BCUT2D eigenvalue weighted by atomic mass is 10.1. The van der Waals surface area contributed by atoms with Gasteiger partial charge in [-0.05, 0) is 31.3 Å². The fraction of sp³-hybridized carbons (Fsp3) is 0. The number of hydrogen-bond donors (Lipinski definition) is 0. The number of rotatable bonds is 0. The Morgan fingerprint density at radius 2 is 0.600 bits per heavy atom. The molecule has 1 aromatic rings. The molecule has 0 saturated heterocycles. The van der Waals surface area contributed by atoms with Gasteiger partial charge in [-0.1, -0.05) is 34.2 Å². The minimum absolute atomic E-state index is 0.882. The van der Waals surface area contributed by atoms with Crippen LogP contribution in [0.1, 0.15) is 0 Å². The van der Waals surface area contributed by atoms with Crippen molar-refractivity contribution in [1.82, 2.24) is 0 Å². The molecule has 1 aromatic carbocycles. The van der Waals surface area contributed by atoms with Crippen molar-refractivity contribution in [2.45, 2.75) is 0 Å². The molecule has 0 amide bonds. The van der Waals surface area contributed by atoms with E-state index in [-0.39, 0.29) is 0 Å². The summed E-state index contributed by atoms with van der Waals surface area (Å²) in [7, 11) is 2.65. The van der Waals surface area contributed by atoms with Gasteiger partial charge in [0, 0.05) is 0 Å². The summed E-state index contributed by atoms with van der Waals surface area (Å²) in [6.45, 7) is 0. The summed E-state index contributed by atoms with van der Waals surface area (Å²) < 4.78 is 0. The molecule has 4 rings (SSSR count). The van der Waals surface area contributed by atoms with E-state index in [0.29, 0.717) is 0 Å². The van der Waals surface area contributed by atoms with Crippen molar-refractivity contribution in [1.29, 1.82) is 0 Å². The van der Waals surface area contributed by atoms with E-state index in [1.54, 1.807) is 0 Å². The average molecular weight is 234 g/mol. The van der Waals surface area contributed by atoms with Crippen LogP contribution in [0.15, 0.2) is 0 Å². The van der Waals surface area contributed by atoms with Crippen LogP contribution in [0.25, 0.3) is 34.2 Å². The van der Waals surface area contributed by atoms with Gasteiger partial charge in [-0.25, -0.2) is 0 Å². The molecule has 6 radical (unpaired) electrons. The van der Waals surface area contributed by atoms with Crippen LogP contribution in [0.2, 0.25) is 0 Å². The van der Waals surface area contributed by atoms with E-state index in [0.717, 1.165) is 28.6 Å². The molecule has 0 bridgehead atoms. The molecule has 0 unspecified atom stereocenters. The quantitative estimate of drug-likeness (QED) is 0.405. The topological polar surface area (TPSA) is 0 Å². The van der Waals surface area contributed by atoms with Crippen molar-refractivity contribution < 1.29 is 0 Å². The van der Waals surface area contributed by atoms with Gasteiger partial charge < -0.3 is 0 Å². The highest BCUT2D eigenvalue weighted by Crippen LogP contribution is 1.76. The molecule has 3 aliphatic heterocycles. The van der Waals surface area contributed by atoms with E-state index >= 15 is 0 Å². The molecule has 0 atom stereocenters. The molecule has 66 valence electrons. The number of hydrogen-bond acceptors (Lipinski definition) is 0. The van der Waals surface area contributed by atoms with Crippen LogP contribution >= 0.6 is 0 Å². The highest BCUT2D eigenvalue weighted by atomic mass is 28.2. The Labute approximate surface area is 94.2 Å². The number of benzene rings is 1. The minimum Gasteiger partial charge on any atom is -0.0855 e. The van der Waals surface area contributed by atoms with Crippen molar-refractivity contribution in [2.24, 2.45) is 0 Å². The summed E-state index contributed by atoms with van der Waals surface area (Å²) >= 11 is 0. The molecule has 3 aliphatic rings. The lowest BCUT2D eigenvalue weighted by molar-refractivity contribution is 1.34. The maximum absolute atomic E-state index is 2.41. The molecule has 0 aliphatic carbocycles. The van der Waals surface area contributed by atoms with Gasteiger partial charge in [-0.2, -0.15) is 0 Å². The first kappa shape index (κ1) is 8.27. The first-order valence-corrected chi connectivity index (χ1v) is 8.43. The van der Waals surface area contributed by atoms with E-state index < -0.39 is 0 Å². The Morgan fingerprint density at radius 1 is 0.400 bits per heavy atom. The van der Waals surface area contributed by atoms with E-state index in [4.69, 9.17) is 0 Å². The molecule has 0 N–H and O–H groups in total. The van der Waals surface area contributed by atoms with Crippen LogP contribution < -0.4 is 31.3 Å². The van der Waals surface area contributed by atoms with Crippen molar-refractivity contribution in [2.75, 3.05) is 0 Å². The van der Waals surface area contributed by atoms with Crippen molar-refractivity contribution in [3.63, 3.8) is 0 Å². The van der Waals surface area contributed by atoms with Crippen molar-refractivity contribution in [3.05, 3.63) is 31.3 Å². The summed E-state index contributed by atoms with van der Waals surface area (Å²) in [5, 5.41) is 9.08. The predicted octanol–water partition coefficient (Wildman–Crippen LogP) is -3.73. The Hall–Kier alpha value is -0.909. The van der Waals surface area contributed by atoms with Gasteiger partial charge in [0.05, 0.1) is 0 Å². The summed E-state index contributed by atoms with van der Waals surface area (Å²) in [5.41, 5.74) is 14.4. The van der Waals surface area contributed by atoms with Gasteiger partial charge in [-0.15, -0.1) is 0 Å². The Balaban J connectivity index is 2.61. The number of fused-ring (bicyclic) bond motifs is 6. The standard InChI is InChI=1S/C12H6Si3/c1-7-8(2-13-1)10-4-15-6-12(10)11-5-14-3-9(7)11/h1-6H. The molecule has 15 heavy (non-hydrogen) atoms. The van der Waals surface area contributed by atoms with Crippen LogP contribution in [-0.4, -0.2) is 28.6 Å². The maximum Gasteiger partial charge on any atom is 0.102 e. The summed E-state index contributed by atoms with van der Waals surface area (Å²) in [6.07, 6.45) is 0. The van der Waals surface area contributed by atoms with E-state index in [1.807, 2.05) is 0 Å². The first-order valence-electron chi connectivity index (χ1n) is 4.96. The summed E-state index contributed by atoms with van der Waals surface area (Å²) in [4.78, 5) is 0. The molecular formula is C12H6Si3. The fourth-order valence-electron chi connectivity index (χ4n) is 2.43. The van der Waals surface area contributed by atoms with E-state index in [2.05, 4.69) is 34.2 Å². The van der Waals surface area contributed by atoms with Gasteiger partial charge in [0.2, 0.25) is 0 Å². The monoisotopic (exact) mass is 234 g/mol. The lowest BCUT2D eigenvalue weighted by Crippen LogP contribution is -2.62. The van der Waals surface area contributed by atoms with Crippen molar-refractivity contribution in [3.8, 4) is 0 Å². The first-order chi connectivity index (χ1) is 7.45. The van der Waals surface area contributed by atoms with Crippen LogP contribution in [0, 0.1) is 0 Å². The molecular weight excluding hydrogens is 228 g/mol. The third-order valence-electron chi connectivity index (χ3n) is 3.11. The highest BCUT2D eigenvalue weighted by Gasteiger charge is 2.07. The summed E-state index contributed by atoms with van der Waals surface area (Å²) in [6, 6.07) is 0. The van der Waals surface area contributed by atoms with Gasteiger partial charge >= 0.3 is 0 Å². The fourth-order valence-corrected chi connectivity index (χ4v) is 5.54. The zero-order valence-electron chi connectivity index (χ0n) is 7.96. The molecule has 0 saturated carbocycles. The SMILES string of the molecule is C1=c2c3c(c4c(c2=C[Si]1)=C[Si]C=4)=C[Si]C=3. The van der Waals surface area contributed by atoms with Crippen LogP contribution in [0.5, 0.6) is 0 Å². The second-order valence-electron chi connectivity index (χ2n) is 3.85. The van der Waals surface area contributed by atoms with E-state index in [1.165, 1.54) is 31.3 Å². The van der Waals surface area contributed by atoms with Gasteiger partial charge in [0.1, 0.15) is 28.6 Å². The maximum atomic E-state index is 2.41. The molecule has 0 spiro atoms. The lowest BCUT2D eigenvalue weighted by Gasteiger charge is -1.92. The molecule has 0 nitrogen and oxygen atoms in total. The molecule has 0 aromatic heterocycles. The third kappa shape index (κ3) is 0.954. The van der Waals surface area contributed by atoms with Crippen LogP contribution in [0.3, 0.4) is 0 Å². The predicted molar refractivity (Wildman–Crippen MR) is 68.2 cm³/mol. The Kier molecular flexibility index (Phi) is 1.55. The molecule has 3 heterocycles. The summed E-state index contributed by atoms with van der Waals surface area (Å²) in [5.74, 6) is 0. The van der Waals surface area contributed by atoms with Crippen molar-refractivity contribution >= 4 is 62.8 Å². The van der Waals surface area contributed by atoms with Gasteiger partial charge in [-0.3, -0.25) is 0 Å². The second-order valence-corrected chi connectivity index (χ2v) is 6.58. The zero-order chi connectivity index (χ0) is 9.83. The zero-order valence-corrected chi connectivity index (χ0v) is 11.0. The smallest absolute Gasteiger partial charge is 0.0855 e. The van der Waals surface area contributed by atoms with Crippen LogP contribution in [-0.2, 0) is 0 Å².